The third-order valence-electron chi connectivity index (χ3n) is 4.90. The number of thiocarbonyl (C=S) groups is 1. The summed E-state index contributed by atoms with van der Waals surface area (Å²) < 4.78 is 0. The predicted octanol–water partition coefficient (Wildman–Crippen LogP) is 5.13. The molecule has 1 aliphatic rings. The van der Waals surface area contributed by atoms with Crippen LogP contribution < -0.4 is 5.32 Å². The third kappa shape index (κ3) is 6.08. The van der Waals surface area contributed by atoms with Gasteiger partial charge in [0.2, 0.25) is 0 Å². The van der Waals surface area contributed by atoms with E-state index >= 15 is 0 Å². The Morgan fingerprint density at radius 2 is 1.85 bits per heavy atom. The van der Waals surface area contributed by atoms with Gasteiger partial charge < -0.3 is 15.1 Å². The lowest BCUT2D eigenvalue weighted by Crippen LogP contribution is -2.40. The van der Waals surface area contributed by atoms with E-state index in [1.165, 1.54) is 49.2 Å². The highest BCUT2D eigenvalue weighted by molar-refractivity contribution is 7.80. The first-order valence-electron chi connectivity index (χ1n) is 9.58. The summed E-state index contributed by atoms with van der Waals surface area (Å²) in [6.07, 6.45) is 5.42. The smallest absolute Gasteiger partial charge is 0.173 e. The van der Waals surface area contributed by atoms with E-state index in [0.717, 1.165) is 30.4 Å². The maximum Gasteiger partial charge on any atom is 0.173 e. The number of nitrogens with one attached hydrogen (secondary N) is 1. The average molecular weight is 388 g/mol. The zero-order chi connectivity index (χ0) is 18.2. The largest absolute Gasteiger partial charge is 0.343 e. The van der Waals surface area contributed by atoms with Gasteiger partial charge in [0.05, 0.1) is 6.54 Å². The van der Waals surface area contributed by atoms with Crippen molar-refractivity contribution in [3.05, 3.63) is 52.2 Å². The van der Waals surface area contributed by atoms with Gasteiger partial charge in [0.15, 0.2) is 5.11 Å². The summed E-state index contributed by atoms with van der Waals surface area (Å²) in [6, 6.07) is 12.7. The van der Waals surface area contributed by atoms with Crippen molar-refractivity contribution < 1.29 is 0 Å². The van der Waals surface area contributed by atoms with Crippen molar-refractivity contribution in [2.75, 3.05) is 31.5 Å². The molecule has 140 valence electrons. The van der Waals surface area contributed by atoms with Gasteiger partial charge in [0.25, 0.3) is 0 Å². The summed E-state index contributed by atoms with van der Waals surface area (Å²) in [5, 5.41) is 6.38. The molecule has 26 heavy (non-hydrogen) atoms. The lowest BCUT2D eigenvalue weighted by molar-refractivity contribution is 0.253. The first-order chi connectivity index (χ1) is 12.7. The molecular weight excluding hydrogens is 358 g/mol. The Morgan fingerprint density at radius 1 is 1.12 bits per heavy atom. The molecule has 1 saturated heterocycles. The molecule has 3 rings (SSSR count). The number of rotatable bonds is 6. The van der Waals surface area contributed by atoms with Gasteiger partial charge in [-0.15, -0.1) is 11.3 Å². The summed E-state index contributed by atoms with van der Waals surface area (Å²) in [7, 11) is 0. The summed E-state index contributed by atoms with van der Waals surface area (Å²) >= 11 is 7.56. The maximum absolute atomic E-state index is 5.76. The van der Waals surface area contributed by atoms with Gasteiger partial charge in [-0.1, -0.05) is 36.6 Å². The van der Waals surface area contributed by atoms with Crippen LogP contribution in [0.4, 0.5) is 5.69 Å². The van der Waals surface area contributed by atoms with Gasteiger partial charge in [0.1, 0.15) is 0 Å². The van der Waals surface area contributed by atoms with E-state index in [1.54, 1.807) is 11.3 Å². The van der Waals surface area contributed by atoms with Crippen LogP contribution in [0, 0.1) is 6.92 Å². The fraction of sp³-hybridized carbons (Fsp3) is 0.476. The van der Waals surface area contributed by atoms with E-state index in [1.807, 2.05) is 0 Å². The van der Waals surface area contributed by atoms with Gasteiger partial charge in [-0.25, -0.2) is 0 Å². The van der Waals surface area contributed by atoms with Gasteiger partial charge >= 0.3 is 0 Å². The standard InChI is InChI=1S/C21H29N3S2/c1-18-8-10-19(11-9-18)22-21(25)24(17-20-7-6-16-26-20)15-14-23-12-4-2-3-5-13-23/h6-11,16H,2-5,12-15,17H2,1H3,(H,22,25). The summed E-state index contributed by atoms with van der Waals surface area (Å²) in [6.45, 7) is 7.49. The number of nitrogens with zero attached hydrogens (tertiary/aromatic N) is 2. The Bertz CT molecular complexity index is 659. The molecule has 2 heterocycles. The van der Waals surface area contributed by atoms with Crippen molar-refractivity contribution in [3.8, 4) is 0 Å². The first-order valence-corrected chi connectivity index (χ1v) is 10.9. The van der Waals surface area contributed by atoms with Crippen LogP contribution >= 0.6 is 23.6 Å². The number of aryl methyl sites for hydroxylation is 1. The van der Waals surface area contributed by atoms with Crippen LogP contribution in [0.5, 0.6) is 0 Å². The Labute approximate surface area is 167 Å². The second-order valence-corrected chi connectivity index (χ2v) is 8.47. The summed E-state index contributed by atoms with van der Waals surface area (Å²) in [5.41, 5.74) is 2.32. The summed E-state index contributed by atoms with van der Waals surface area (Å²) in [4.78, 5) is 6.27. The second-order valence-electron chi connectivity index (χ2n) is 7.05. The number of likely N-dealkylation sites (tertiary alicyclic amines) is 1. The molecule has 0 amide bonds. The molecule has 0 saturated carbocycles. The molecule has 0 aliphatic carbocycles. The van der Waals surface area contributed by atoms with Crippen molar-refractivity contribution in [1.29, 1.82) is 0 Å². The highest BCUT2D eigenvalue weighted by atomic mass is 32.1. The molecule has 1 N–H and O–H groups in total. The van der Waals surface area contributed by atoms with Crippen molar-refractivity contribution in [2.24, 2.45) is 0 Å². The minimum Gasteiger partial charge on any atom is -0.343 e. The predicted molar refractivity (Wildman–Crippen MR) is 117 cm³/mol. The lowest BCUT2D eigenvalue weighted by atomic mass is 10.2. The molecular formula is C21H29N3S2. The monoisotopic (exact) mass is 387 g/mol. The lowest BCUT2D eigenvalue weighted by Gasteiger charge is -2.29. The Morgan fingerprint density at radius 3 is 2.50 bits per heavy atom. The van der Waals surface area contributed by atoms with Gasteiger partial charge in [-0.05, 0) is 68.7 Å². The number of hydrogen-bond acceptors (Lipinski definition) is 3. The molecule has 3 nitrogen and oxygen atoms in total. The van der Waals surface area contributed by atoms with Gasteiger partial charge in [-0.2, -0.15) is 0 Å². The highest BCUT2D eigenvalue weighted by Gasteiger charge is 2.15. The van der Waals surface area contributed by atoms with E-state index in [4.69, 9.17) is 12.2 Å². The van der Waals surface area contributed by atoms with E-state index in [0.29, 0.717) is 0 Å². The van der Waals surface area contributed by atoms with Crippen LogP contribution in [-0.2, 0) is 6.54 Å². The van der Waals surface area contributed by atoms with Crippen molar-refractivity contribution in [3.63, 3.8) is 0 Å². The molecule has 0 spiro atoms. The maximum atomic E-state index is 5.76. The topological polar surface area (TPSA) is 18.5 Å². The molecule has 0 radical (unpaired) electrons. The van der Waals surface area contributed by atoms with Crippen molar-refractivity contribution in [2.45, 2.75) is 39.2 Å². The SMILES string of the molecule is Cc1ccc(NC(=S)N(CCN2CCCCCC2)Cc2cccs2)cc1. The number of thiophene rings is 1. The number of anilines is 1. The highest BCUT2D eigenvalue weighted by Crippen LogP contribution is 2.16. The number of hydrogen-bond donors (Lipinski definition) is 1. The zero-order valence-electron chi connectivity index (χ0n) is 15.6. The third-order valence-corrected chi connectivity index (χ3v) is 6.12. The zero-order valence-corrected chi connectivity index (χ0v) is 17.2. The van der Waals surface area contributed by atoms with Crippen molar-refractivity contribution >= 4 is 34.4 Å². The molecule has 5 heteroatoms. The fourth-order valence-corrected chi connectivity index (χ4v) is 4.30. The van der Waals surface area contributed by atoms with Crippen LogP contribution in [0.1, 0.15) is 36.1 Å². The quantitative estimate of drug-likeness (QED) is 0.692. The molecule has 0 bridgehead atoms. The minimum absolute atomic E-state index is 0.817. The Kier molecular flexibility index (Phi) is 7.47. The van der Waals surface area contributed by atoms with Crippen LogP contribution in [-0.4, -0.2) is 41.1 Å². The first kappa shape index (κ1) is 19.3. The van der Waals surface area contributed by atoms with Crippen LogP contribution in [0.25, 0.3) is 0 Å². The Balaban J connectivity index is 1.61. The van der Waals surface area contributed by atoms with E-state index < -0.39 is 0 Å². The van der Waals surface area contributed by atoms with Crippen LogP contribution in [0.3, 0.4) is 0 Å². The molecule has 0 unspecified atom stereocenters. The molecule has 1 aromatic heterocycles. The molecule has 1 aromatic carbocycles. The normalized spacial score (nSPS) is 15.4. The van der Waals surface area contributed by atoms with Crippen molar-refractivity contribution in [1.82, 2.24) is 9.80 Å². The average Bonchev–Trinajstić information content (AvgIpc) is 3.02. The van der Waals surface area contributed by atoms with E-state index in [9.17, 15) is 0 Å². The van der Waals surface area contributed by atoms with Crippen LogP contribution in [0.15, 0.2) is 41.8 Å². The molecule has 0 atom stereocenters. The molecule has 1 fully saturated rings. The second kappa shape index (κ2) is 10.0. The van der Waals surface area contributed by atoms with Gasteiger partial charge in [0, 0.05) is 23.7 Å². The van der Waals surface area contributed by atoms with E-state index in [2.05, 4.69) is 63.8 Å². The minimum atomic E-state index is 0.817. The number of benzene rings is 1. The van der Waals surface area contributed by atoms with Gasteiger partial charge in [-0.3, -0.25) is 0 Å². The molecule has 1 aliphatic heterocycles. The van der Waals surface area contributed by atoms with Crippen LogP contribution in [0.2, 0.25) is 0 Å². The van der Waals surface area contributed by atoms with E-state index in [-0.39, 0.29) is 0 Å². The molecule has 2 aromatic rings. The summed E-state index contributed by atoms with van der Waals surface area (Å²) in [5.74, 6) is 0. The Hall–Kier alpha value is -1.43. The fourth-order valence-electron chi connectivity index (χ4n) is 3.30.